The van der Waals surface area contributed by atoms with Crippen LogP contribution in [0.15, 0.2) is 34.9 Å². The second-order valence-corrected chi connectivity index (χ2v) is 6.24. The minimum absolute atomic E-state index is 0.100. The lowest BCUT2D eigenvalue weighted by atomic mass is 10.1. The van der Waals surface area contributed by atoms with Crippen LogP contribution in [0.4, 0.5) is 5.69 Å². The van der Waals surface area contributed by atoms with Crippen molar-refractivity contribution in [2.75, 3.05) is 31.6 Å². The maximum absolute atomic E-state index is 12.5. The number of anilines is 1. The molecule has 1 saturated heterocycles. The van der Waals surface area contributed by atoms with Gasteiger partial charge in [-0.15, -0.1) is 0 Å². The van der Waals surface area contributed by atoms with Crippen molar-refractivity contribution < 1.29 is 9.53 Å². The number of aromatic nitrogens is 1. The number of halogens is 1. The number of nitrogens with zero attached hydrogens (tertiary/aromatic N) is 2. The van der Waals surface area contributed by atoms with Crippen molar-refractivity contribution >= 4 is 38.4 Å². The Balaban J connectivity index is 1.80. The van der Waals surface area contributed by atoms with E-state index < -0.39 is 0 Å². The van der Waals surface area contributed by atoms with Crippen molar-refractivity contribution in [3.8, 4) is 0 Å². The first-order chi connectivity index (χ1) is 10.6. The fraction of sp³-hybridized carbons (Fsp3) is 0.375. The zero-order chi connectivity index (χ0) is 15.5. The summed E-state index contributed by atoms with van der Waals surface area (Å²) in [6.45, 7) is 4.44. The second-order valence-electron chi connectivity index (χ2n) is 5.32. The number of carbonyl (C=O) groups is 1. The number of ether oxygens (including phenoxy) is 1. The van der Waals surface area contributed by atoms with E-state index >= 15 is 0 Å². The molecule has 0 spiro atoms. The molecule has 1 amide bonds. The maximum atomic E-state index is 12.5. The first-order valence-corrected chi connectivity index (χ1v) is 8.12. The molecule has 1 unspecified atom stereocenters. The van der Waals surface area contributed by atoms with Crippen LogP contribution in [0.1, 0.15) is 6.92 Å². The number of carbonyl (C=O) groups excluding carboxylic acids is 1. The Morgan fingerprint density at radius 1 is 1.36 bits per heavy atom. The van der Waals surface area contributed by atoms with E-state index in [9.17, 15) is 4.79 Å². The van der Waals surface area contributed by atoms with E-state index in [-0.39, 0.29) is 11.9 Å². The summed E-state index contributed by atoms with van der Waals surface area (Å²) in [5.74, 6) is 0.100. The summed E-state index contributed by atoms with van der Waals surface area (Å²) in [5.41, 5.74) is 1.82. The van der Waals surface area contributed by atoms with Gasteiger partial charge >= 0.3 is 0 Å². The quantitative estimate of drug-likeness (QED) is 0.910. The molecule has 22 heavy (non-hydrogen) atoms. The molecular weight excluding hydrogens is 346 g/mol. The van der Waals surface area contributed by atoms with Crippen LogP contribution < -0.4 is 5.32 Å². The van der Waals surface area contributed by atoms with Gasteiger partial charge in [-0.3, -0.25) is 9.78 Å². The van der Waals surface area contributed by atoms with Crippen LogP contribution in [-0.2, 0) is 9.53 Å². The molecule has 2 heterocycles. The number of amides is 1. The van der Waals surface area contributed by atoms with Crippen LogP contribution in [0.25, 0.3) is 10.9 Å². The average molecular weight is 364 g/mol. The van der Waals surface area contributed by atoms with Crippen molar-refractivity contribution in [1.82, 2.24) is 9.88 Å². The molecule has 3 rings (SSSR count). The van der Waals surface area contributed by atoms with Gasteiger partial charge in [-0.2, -0.15) is 0 Å². The molecule has 0 saturated carbocycles. The highest BCUT2D eigenvalue weighted by atomic mass is 79.9. The summed E-state index contributed by atoms with van der Waals surface area (Å²) in [7, 11) is 0. The number of rotatable bonds is 3. The van der Waals surface area contributed by atoms with Gasteiger partial charge in [-0.05, 0) is 31.2 Å². The second kappa shape index (κ2) is 6.62. The minimum Gasteiger partial charge on any atom is -0.378 e. The molecule has 0 radical (unpaired) electrons. The van der Waals surface area contributed by atoms with Gasteiger partial charge in [-0.1, -0.05) is 15.9 Å². The summed E-state index contributed by atoms with van der Waals surface area (Å²) in [5, 5.41) is 4.31. The summed E-state index contributed by atoms with van der Waals surface area (Å²) in [4.78, 5) is 18.7. The fourth-order valence-electron chi connectivity index (χ4n) is 2.60. The summed E-state index contributed by atoms with van der Waals surface area (Å²) >= 11 is 3.48. The molecule has 0 bridgehead atoms. The van der Waals surface area contributed by atoms with E-state index in [2.05, 4.69) is 26.2 Å². The van der Waals surface area contributed by atoms with E-state index in [0.717, 1.165) is 21.1 Å². The van der Waals surface area contributed by atoms with Gasteiger partial charge < -0.3 is 15.0 Å². The lowest BCUT2D eigenvalue weighted by molar-refractivity contribution is -0.135. The van der Waals surface area contributed by atoms with Gasteiger partial charge in [-0.25, -0.2) is 0 Å². The van der Waals surface area contributed by atoms with Gasteiger partial charge in [0.25, 0.3) is 0 Å². The molecule has 2 aromatic rings. The van der Waals surface area contributed by atoms with E-state index in [1.54, 1.807) is 6.20 Å². The third kappa shape index (κ3) is 3.23. The fourth-order valence-corrected chi connectivity index (χ4v) is 2.96. The molecule has 116 valence electrons. The van der Waals surface area contributed by atoms with Gasteiger partial charge in [0.05, 0.1) is 18.7 Å². The Bertz CT molecular complexity index is 686. The first-order valence-electron chi connectivity index (χ1n) is 7.32. The normalized spacial score (nSPS) is 16.5. The third-order valence-electron chi connectivity index (χ3n) is 3.77. The van der Waals surface area contributed by atoms with Crippen molar-refractivity contribution in [2.45, 2.75) is 13.0 Å². The Morgan fingerprint density at radius 3 is 2.91 bits per heavy atom. The Morgan fingerprint density at radius 2 is 2.14 bits per heavy atom. The number of pyridine rings is 1. The number of morpholine rings is 1. The van der Waals surface area contributed by atoms with E-state index in [1.165, 1.54) is 0 Å². The lowest BCUT2D eigenvalue weighted by Gasteiger charge is -2.30. The molecule has 1 aliphatic heterocycles. The topological polar surface area (TPSA) is 54.5 Å². The summed E-state index contributed by atoms with van der Waals surface area (Å²) < 4.78 is 6.28. The van der Waals surface area contributed by atoms with Crippen LogP contribution in [-0.4, -0.2) is 48.1 Å². The highest BCUT2D eigenvalue weighted by Gasteiger charge is 2.22. The highest BCUT2D eigenvalue weighted by molar-refractivity contribution is 9.10. The van der Waals surface area contributed by atoms with Crippen LogP contribution >= 0.6 is 15.9 Å². The van der Waals surface area contributed by atoms with Crippen LogP contribution in [0, 0.1) is 0 Å². The monoisotopic (exact) mass is 363 g/mol. The molecule has 6 heteroatoms. The number of hydrogen-bond donors (Lipinski definition) is 1. The molecule has 5 nitrogen and oxygen atoms in total. The molecule has 1 aromatic carbocycles. The molecule has 1 atom stereocenters. The summed E-state index contributed by atoms with van der Waals surface area (Å²) in [6, 6.07) is 7.54. The predicted octanol–water partition coefficient (Wildman–Crippen LogP) is 2.66. The molecule has 1 aromatic heterocycles. The zero-order valence-electron chi connectivity index (χ0n) is 12.4. The number of nitrogens with one attached hydrogen (secondary N) is 1. The van der Waals surface area contributed by atoms with E-state index in [0.29, 0.717) is 26.3 Å². The largest absolute Gasteiger partial charge is 0.378 e. The molecule has 1 N–H and O–H groups in total. The van der Waals surface area contributed by atoms with Gasteiger partial charge in [0, 0.05) is 34.8 Å². The minimum atomic E-state index is -0.289. The first kappa shape index (κ1) is 15.2. The standard InChI is InChI=1S/C16H18BrN3O2/c1-11(16(21)20-6-8-22-9-7-20)19-15-4-5-18-14-3-2-12(17)10-13(14)15/h2-5,10-11H,6-9H2,1H3,(H,18,19). The van der Waals surface area contributed by atoms with Crippen LogP contribution in [0.5, 0.6) is 0 Å². The lowest BCUT2D eigenvalue weighted by Crippen LogP contribution is -2.47. The van der Waals surface area contributed by atoms with Crippen molar-refractivity contribution in [3.05, 3.63) is 34.9 Å². The van der Waals surface area contributed by atoms with Gasteiger partial charge in [0.15, 0.2) is 0 Å². The van der Waals surface area contributed by atoms with Crippen molar-refractivity contribution in [2.24, 2.45) is 0 Å². The Kier molecular flexibility index (Phi) is 4.59. The summed E-state index contributed by atoms with van der Waals surface area (Å²) in [6.07, 6.45) is 1.75. The predicted molar refractivity (Wildman–Crippen MR) is 89.9 cm³/mol. The maximum Gasteiger partial charge on any atom is 0.244 e. The molecule has 1 aliphatic rings. The number of benzene rings is 1. The van der Waals surface area contributed by atoms with Gasteiger partial charge in [0.2, 0.25) is 5.91 Å². The van der Waals surface area contributed by atoms with Crippen molar-refractivity contribution in [1.29, 1.82) is 0 Å². The van der Waals surface area contributed by atoms with E-state index in [4.69, 9.17) is 4.74 Å². The van der Waals surface area contributed by atoms with Crippen LogP contribution in [0.2, 0.25) is 0 Å². The van der Waals surface area contributed by atoms with E-state index in [1.807, 2.05) is 36.1 Å². The Labute approximate surface area is 137 Å². The molecular formula is C16H18BrN3O2. The van der Waals surface area contributed by atoms with Crippen LogP contribution in [0.3, 0.4) is 0 Å². The highest BCUT2D eigenvalue weighted by Crippen LogP contribution is 2.25. The number of fused-ring (bicyclic) bond motifs is 1. The Hall–Kier alpha value is -1.66. The average Bonchev–Trinajstić information content (AvgIpc) is 2.55. The van der Waals surface area contributed by atoms with Gasteiger partial charge in [0.1, 0.15) is 6.04 Å². The molecule has 1 fully saturated rings. The smallest absolute Gasteiger partial charge is 0.244 e. The van der Waals surface area contributed by atoms with Crippen molar-refractivity contribution in [3.63, 3.8) is 0 Å². The third-order valence-corrected chi connectivity index (χ3v) is 4.26. The number of hydrogen-bond acceptors (Lipinski definition) is 4. The molecule has 0 aliphatic carbocycles. The zero-order valence-corrected chi connectivity index (χ0v) is 14.0. The SMILES string of the molecule is CC(Nc1ccnc2ccc(Br)cc12)C(=O)N1CCOCC1.